The number of ether oxygens (including phenoxy) is 1. The Bertz CT molecular complexity index is 221. The van der Waals surface area contributed by atoms with E-state index in [1.165, 1.54) is 6.42 Å². The summed E-state index contributed by atoms with van der Waals surface area (Å²) in [6.45, 7) is 10.5. The number of nitrogens with one attached hydrogen (secondary N) is 2. The van der Waals surface area contributed by atoms with Crippen molar-refractivity contribution in [2.24, 2.45) is 10.4 Å². The molecule has 0 fully saturated rings. The Morgan fingerprint density at radius 1 is 1.35 bits per heavy atom. The minimum absolute atomic E-state index is 0.272. The van der Waals surface area contributed by atoms with Gasteiger partial charge in [-0.1, -0.05) is 20.8 Å². The molecule has 102 valence electrons. The van der Waals surface area contributed by atoms with Gasteiger partial charge >= 0.3 is 0 Å². The fourth-order valence-corrected chi connectivity index (χ4v) is 1.55. The minimum atomic E-state index is 0.272. The SMILES string of the molecule is CN=C(NCCCC(C)(C)C)NC(C)COC. The van der Waals surface area contributed by atoms with Gasteiger partial charge in [0.1, 0.15) is 0 Å². The molecule has 1 unspecified atom stereocenters. The standard InChI is InChI=1S/C13H29N3O/c1-11(10-17-6)16-12(14-5)15-9-7-8-13(2,3)4/h11H,7-10H2,1-6H3,(H2,14,15,16). The number of methoxy groups -OCH3 is 1. The highest BCUT2D eigenvalue weighted by Crippen LogP contribution is 2.19. The number of hydrogen-bond acceptors (Lipinski definition) is 2. The van der Waals surface area contributed by atoms with E-state index in [4.69, 9.17) is 4.74 Å². The first-order valence-electron chi connectivity index (χ1n) is 6.35. The predicted octanol–water partition coefficient (Wildman–Crippen LogP) is 2.01. The maximum Gasteiger partial charge on any atom is 0.191 e. The largest absolute Gasteiger partial charge is 0.383 e. The van der Waals surface area contributed by atoms with Gasteiger partial charge in [-0.2, -0.15) is 0 Å². The van der Waals surface area contributed by atoms with E-state index in [-0.39, 0.29) is 6.04 Å². The van der Waals surface area contributed by atoms with Crippen molar-refractivity contribution in [2.75, 3.05) is 27.3 Å². The van der Waals surface area contributed by atoms with Gasteiger partial charge in [0.25, 0.3) is 0 Å². The highest BCUT2D eigenvalue weighted by molar-refractivity contribution is 5.79. The Morgan fingerprint density at radius 2 is 2.00 bits per heavy atom. The van der Waals surface area contributed by atoms with Crippen LogP contribution in [0.4, 0.5) is 0 Å². The van der Waals surface area contributed by atoms with Gasteiger partial charge in [0.15, 0.2) is 5.96 Å². The van der Waals surface area contributed by atoms with Crippen LogP contribution in [0.5, 0.6) is 0 Å². The fraction of sp³-hybridized carbons (Fsp3) is 0.923. The molecule has 0 saturated heterocycles. The molecule has 0 spiro atoms. The summed E-state index contributed by atoms with van der Waals surface area (Å²) in [5.41, 5.74) is 0.405. The smallest absolute Gasteiger partial charge is 0.191 e. The quantitative estimate of drug-likeness (QED) is 0.426. The van der Waals surface area contributed by atoms with E-state index in [1.807, 2.05) is 0 Å². The summed E-state index contributed by atoms with van der Waals surface area (Å²) in [5, 5.41) is 6.59. The van der Waals surface area contributed by atoms with Gasteiger partial charge in [-0.05, 0) is 25.2 Å². The van der Waals surface area contributed by atoms with E-state index in [1.54, 1.807) is 14.2 Å². The molecule has 2 N–H and O–H groups in total. The molecule has 4 heteroatoms. The van der Waals surface area contributed by atoms with Gasteiger partial charge in [0, 0.05) is 26.7 Å². The number of nitrogens with zero attached hydrogens (tertiary/aromatic N) is 1. The Morgan fingerprint density at radius 3 is 2.47 bits per heavy atom. The first-order valence-corrected chi connectivity index (χ1v) is 6.35. The predicted molar refractivity (Wildman–Crippen MR) is 74.5 cm³/mol. The summed E-state index contributed by atoms with van der Waals surface area (Å²) in [7, 11) is 3.50. The maximum atomic E-state index is 5.07. The van der Waals surface area contributed by atoms with E-state index >= 15 is 0 Å². The van der Waals surface area contributed by atoms with Crippen molar-refractivity contribution in [2.45, 2.75) is 46.6 Å². The van der Waals surface area contributed by atoms with Crippen LogP contribution in [0.2, 0.25) is 0 Å². The van der Waals surface area contributed by atoms with Crippen LogP contribution in [0.25, 0.3) is 0 Å². The summed E-state index contributed by atoms with van der Waals surface area (Å²) < 4.78 is 5.07. The summed E-state index contributed by atoms with van der Waals surface area (Å²) in [4.78, 5) is 4.18. The van der Waals surface area contributed by atoms with Gasteiger partial charge in [0.05, 0.1) is 6.61 Å². The summed E-state index contributed by atoms with van der Waals surface area (Å²) >= 11 is 0. The number of aliphatic imine (C=N–C) groups is 1. The van der Waals surface area contributed by atoms with E-state index in [9.17, 15) is 0 Å². The van der Waals surface area contributed by atoms with Gasteiger partial charge in [0.2, 0.25) is 0 Å². The van der Waals surface area contributed by atoms with Crippen LogP contribution < -0.4 is 10.6 Å². The first-order chi connectivity index (χ1) is 7.89. The Labute approximate surface area is 106 Å². The number of rotatable bonds is 6. The zero-order chi connectivity index (χ0) is 13.3. The fourth-order valence-electron chi connectivity index (χ4n) is 1.55. The summed E-state index contributed by atoms with van der Waals surface area (Å²) in [5.74, 6) is 0.850. The van der Waals surface area contributed by atoms with Crippen molar-refractivity contribution < 1.29 is 4.74 Å². The second kappa shape index (κ2) is 8.34. The van der Waals surface area contributed by atoms with Crippen molar-refractivity contribution in [1.82, 2.24) is 10.6 Å². The van der Waals surface area contributed by atoms with Gasteiger partial charge in [-0.25, -0.2) is 0 Å². The molecule has 0 aromatic carbocycles. The summed E-state index contributed by atoms with van der Waals surface area (Å²) in [6.07, 6.45) is 2.37. The lowest BCUT2D eigenvalue weighted by Crippen LogP contribution is -2.44. The second-order valence-electron chi connectivity index (χ2n) is 5.66. The van der Waals surface area contributed by atoms with Gasteiger partial charge in [-0.3, -0.25) is 4.99 Å². The van der Waals surface area contributed by atoms with Crippen LogP contribution in [0.1, 0.15) is 40.5 Å². The molecule has 0 aliphatic heterocycles. The molecular weight excluding hydrogens is 214 g/mol. The highest BCUT2D eigenvalue weighted by atomic mass is 16.5. The normalized spacial score (nSPS) is 14.6. The molecule has 0 saturated carbocycles. The third kappa shape index (κ3) is 10.1. The maximum absolute atomic E-state index is 5.07. The molecule has 0 aliphatic rings. The van der Waals surface area contributed by atoms with Crippen LogP contribution in [0.3, 0.4) is 0 Å². The number of guanidine groups is 1. The Hall–Kier alpha value is -0.770. The van der Waals surface area contributed by atoms with E-state index in [0.29, 0.717) is 12.0 Å². The second-order valence-corrected chi connectivity index (χ2v) is 5.66. The van der Waals surface area contributed by atoms with E-state index < -0.39 is 0 Å². The molecular formula is C13H29N3O. The first kappa shape index (κ1) is 16.2. The van der Waals surface area contributed by atoms with Crippen molar-refractivity contribution in [3.63, 3.8) is 0 Å². The van der Waals surface area contributed by atoms with Crippen molar-refractivity contribution in [3.05, 3.63) is 0 Å². The summed E-state index contributed by atoms with van der Waals surface area (Å²) in [6, 6.07) is 0.272. The monoisotopic (exact) mass is 243 g/mol. The van der Waals surface area contributed by atoms with Crippen LogP contribution in [-0.2, 0) is 4.74 Å². The van der Waals surface area contributed by atoms with Crippen LogP contribution in [-0.4, -0.2) is 39.3 Å². The van der Waals surface area contributed by atoms with Crippen molar-refractivity contribution >= 4 is 5.96 Å². The highest BCUT2D eigenvalue weighted by Gasteiger charge is 2.09. The Balaban J connectivity index is 3.77. The van der Waals surface area contributed by atoms with Crippen molar-refractivity contribution in [1.29, 1.82) is 0 Å². The van der Waals surface area contributed by atoms with Gasteiger partial charge in [-0.15, -0.1) is 0 Å². The topological polar surface area (TPSA) is 45.7 Å². The average molecular weight is 243 g/mol. The Kier molecular flexibility index (Phi) is 7.96. The third-order valence-corrected chi connectivity index (χ3v) is 2.42. The lowest BCUT2D eigenvalue weighted by atomic mass is 9.91. The minimum Gasteiger partial charge on any atom is -0.383 e. The third-order valence-electron chi connectivity index (χ3n) is 2.42. The molecule has 0 heterocycles. The lowest BCUT2D eigenvalue weighted by molar-refractivity contribution is 0.179. The molecule has 0 rings (SSSR count). The number of hydrogen-bond donors (Lipinski definition) is 2. The zero-order valence-corrected chi connectivity index (χ0v) is 12.3. The molecule has 0 aliphatic carbocycles. The van der Waals surface area contributed by atoms with Crippen LogP contribution in [0.15, 0.2) is 4.99 Å². The molecule has 0 bridgehead atoms. The van der Waals surface area contributed by atoms with Crippen molar-refractivity contribution in [3.8, 4) is 0 Å². The molecule has 4 nitrogen and oxygen atoms in total. The molecule has 0 amide bonds. The average Bonchev–Trinajstić information content (AvgIpc) is 2.21. The zero-order valence-electron chi connectivity index (χ0n) is 12.3. The van der Waals surface area contributed by atoms with Gasteiger partial charge < -0.3 is 15.4 Å². The molecule has 0 aromatic rings. The molecule has 0 aromatic heterocycles. The molecule has 17 heavy (non-hydrogen) atoms. The lowest BCUT2D eigenvalue weighted by Gasteiger charge is -2.20. The van der Waals surface area contributed by atoms with E-state index in [0.717, 1.165) is 18.9 Å². The molecule has 1 atom stereocenters. The van der Waals surface area contributed by atoms with Crippen LogP contribution >= 0.6 is 0 Å². The molecule has 0 radical (unpaired) electrons. The van der Waals surface area contributed by atoms with Crippen LogP contribution in [0, 0.1) is 5.41 Å². The van der Waals surface area contributed by atoms with E-state index in [2.05, 4.69) is 43.3 Å².